The molecule has 0 aromatic rings. The van der Waals surface area contributed by atoms with E-state index in [0.717, 1.165) is 6.54 Å². The molecule has 0 atom stereocenters. The fourth-order valence-corrected chi connectivity index (χ4v) is 1.21. The molecule has 0 aromatic carbocycles. The van der Waals surface area contributed by atoms with Crippen molar-refractivity contribution < 1.29 is 9.53 Å². The molecule has 0 unspecified atom stereocenters. The Kier molecular flexibility index (Phi) is 6.24. The van der Waals surface area contributed by atoms with Gasteiger partial charge in [-0.25, -0.2) is 4.79 Å². The lowest BCUT2D eigenvalue weighted by Crippen LogP contribution is -2.51. The first kappa shape index (κ1) is 16.0. The quantitative estimate of drug-likeness (QED) is 0.575. The van der Waals surface area contributed by atoms with Gasteiger partial charge in [0.1, 0.15) is 5.60 Å². The molecule has 0 spiro atoms. The van der Waals surface area contributed by atoms with Crippen molar-refractivity contribution in [1.82, 2.24) is 10.6 Å². The highest BCUT2D eigenvalue weighted by Crippen LogP contribution is 2.08. The van der Waals surface area contributed by atoms with Crippen LogP contribution in [-0.2, 0) is 4.74 Å². The van der Waals surface area contributed by atoms with E-state index in [0.29, 0.717) is 6.54 Å². The third-order valence-electron chi connectivity index (χ3n) is 1.90. The van der Waals surface area contributed by atoms with E-state index in [-0.39, 0.29) is 11.6 Å². The standard InChI is InChI=1S/C13H26N2O2/c1-7-8-9-14-10-13(5,6)15-11(16)17-12(2,3)4/h7-8,14H,9-10H2,1-6H3,(H,15,16)/b8-7+. The van der Waals surface area contributed by atoms with Gasteiger partial charge < -0.3 is 15.4 Å². The summed E-state index contributed by atoms with van der Waals surface area (Å²) in [6.07, 6.45) is 3.64. The average molecular weight is 242 g/mol. The Hall–Kier alpha value is -1.03. The largest absolute Gasteiger partial charge is 0.444 e. The van der Waals surface area contributed by atoms with Crippen LogP contribution in [0.5, 0.6) is 0 Å². The van der Waals surface area contributed by atoms with Crippen LogP contribution >= 0.6 is 0 Å². The van der Waals surface area contributed by atoms with Crippen molar-refractivity contribution in [2.24, 2.45) is 0 Å². The fraction of sp³-hybridized carbons (Fsp3) is 0.769. The molecule has 0 aromatic heterocycles. The van der Waals surface area contributed by atoms with Crippen LogP contribution in [-0.4, -0.2) is 30.3 Å². The molecular formula is C13H26N2O2. The molecule has 0 bridgehead atoms. The Balaban J connectivity index is 4.02. The van der Waals surface area contributed by atoms with E-state index < -0.39 is 5.60 Å². The number of carbonyl (C=O) groups is 1. The maximum Gasteiger partial charge on any atom is 0.408 e. The van der Waals surface area contributed by atoms with E-state index >= 15 is 0 Å². The van der Waals surface area contributed by atoms with E-state index in [1.54, 1.807) is 0 Å². The summed E-state index contributed by atoms with van der Waals surface area (Å²) < 4.78 is 5.21. The SMILES string of the molecule is C/C=C/CNCC(C)(C)NC(=O)OC(C)(C)C. The van der Waals surface area contributed by atoms with Crippen molar-refractivity contribution in [3.05, 3.63) is 12.2 Å². The molecule has 0 heterocycles. The number of rotatable bonds is 5. The molecule has 0 rings (SSSR count). The average Bonchev–Trinajstić information content (AvgIpc) is 2.08. The van der Waals surface area contributed by atoms with Crippen molar-refractivity contribution >= 4 is 6.09 Å². The number of amides is 1. The molecule has 17 heavy (non-hydrogen) atoms. The number of alkyl carbamates (subject to hydrolysis) is 1. The summed E-state index contributed by atoms with van der Waals surface area (Å²) in [7, 11) is 0. The summed E-state index contributed by atoms with van der Waals surface area (Å²) in [6.45, 7) is 12.9. The van der Waals surface area contributed by atoms with E-state index in [4.69, 9.17) is 4.74 Å². The zero-order valence-corrected chi connectivity index (χ0v) is 11.9. The van der Waals surface area contributed by atoms with Crippen LogP contribution in [0.2, 0.25) is 0 Å². The molecule has 0 fully saturated rings. The molecule has 0 aliphatic heterocycles. The minimum atomic E-state index is -0.460. The van der Waals surface area contributed by atoms with E-state index in [1.165, 1.54) is 0 Å². The fourth-order valence-electron chi connectivity index (χ4n) is 1.21. The Labute approximate surface area is 105 Å². The van der Waals surface area contributed by atoms with Gasteiger partial charge in [-0.3, -0.25) is 0 Å². The molecule has 0 radical (unpaired) electrons. The van der Waals surface area contributed by atoms with Gasteiger partial charge in [-0.15, -0.1) is 0 Å². The van der Waals surface area contributed by atoms with Gasteiger partial charge in [0.2, 0.25) is 0 Å². The maximum atomic E-state index is 11.6. The summed E-state index contributed by atoms with van der Waals surface area (Å²) in [5.41, 5.74) is -0.789. The summed E-state index contributed by atoms with van der Waals surface area (Å²) in [5.74, 6) is 0. The molecule has 4 nitrogen and oxygen atoms in total. The maximum absolute atomic E-state index is 11.6. The normalized spacial score (nSPS) is 12.8. The van der Waals surface area contributed by atoms with Gasteiger partial charge in [-0.2, -0.15) is 0 Å². The number of nitrogens with one attached hydrogen (secondary N) is 2. The summed E-state index contributed by atoms with van der Waals surface area (Å²) in [6, 6.07) is 0. The second kappa shape index (κ2) is 6.64. The first-order valence-corrected chi connectivity index (χ1v) is 5.99. The lowest BCUT2D eigenvalue weighted by molar-refractivity contribution is 0.0472. The second-order valence-electron chi connectivity index (χ2n) is 5.71. The van der Waals surface area contributed by atoms with Crippen LogP contribution < -0.4 is 10.6 Å². The zero-order chi connectivity index (χ0) is 13.5. The number of hydrogen-bond acceptors (Lipinski definition) is 3. The lowest BCUT2D eigenvalue weighted by Gasteiger charge is -2.28. The third-order valence-corrected chi connectivity index (χ3v) is 1.90. The third kappa shape index (κ3) is 9.87. The van der Waals surface area contributed by atoms with E-state index in [1.807, 2.05) is 53.7 Å². The molecule has 2 N–H and O–H groups in total. The highest BCUT2D eigenvalue weighted by atomic mass is 16.6. The summed E-state index contributed by atoms with van der Waals surface area (Å²) in [5, 5.41) is 6.08. The molecule has 0 saturated heterocycles. The van der Waals surface area contributed by atoms with Gasteiger partial charge in [0.15, 0.2) is 0 Å². The van der Waals surface area contributed by atoms with Gasteiger partial charge in [0, 0.05) is 13.1 Å². The van der Waals surface area contributed by atoms with Crippen LogP contribution in [0.1, 0.15) is 41.5 Å². The van der Waals surface area contributed by atoms with Crippen molar-refractivity contribution in [2.75, 3.05) is 13.1 Å². The van der Waals surface area contributed by atoms with E-state index in [9.17, 15) is 4.79 Å². The minimum Gasteiger partial charge on any atom is -0.444 e. The number of allylic oxidation sites excluding steroid dienone is 1. The molecule has 1 amide bonds. The highest BCUT2D eigenvalue weighted by molar-refractivity contribution is 5.68. The Morgan fingerprint density at radius 1 is 1.24 bits per heavy atom. The highest BCUT2D eigenvalue weighted by Gasteiger charge is 2.23. The van der Waals surface area contributed by atoms with Gasteiger partial charge in [0.05, 0.1) is 5.54 Å². The Bertz CT molecular complexity index is 265. The van der Waals surface area contributed by atoms with Crippen LogP contribution in [0.4, 0.5) is 4.79 Å². The van der Waals surface area contributed by atoms with Crippen LogP contribution in [0.15, 0.2) is 12.2 Å². The number of hydrogen-bond donors (Lipinski definition) is 2. The number of carbonyl (C=O) groups excluding carboxylic acids is 1. The van der Waals surface area contributed by atoms with E-state index in [2.05, 4.69) is 10.6 Å². The molecule has 0 saturated carbocycles. The predicted octanol–water partition coefficient (Wildman–Crippen LogP) is 2.46. The molecular weight excluding hydrogens is 216 g/mol. The van der Waals surface area contributed by atoms with Gasteiger partial charge in [0.25, 0.3) is 0 Å². The molecule has 100 valence electrons. The van der Waals surface area contributed by atoms with Crippen molar-refractivity contribution in [3.8, 4) is 0 Å². The lowest BCUT2D eigenvalue weighted by atomic mass is 10.1. The first-order chi connectivity index (χ1) is 7.66. The van der Waals surface area contributed by atoms with Crippen molar-refractivity contribution in [1.29, 1.82) is 0 Å². The van der Waals surface area contributed by atoms with Crippen LogP contribution in [0, 0.1) is 0 Å². The molecule has 0 aliphatic rings. The predicted molar refractivity (Wildman–Crippen MR) is 71.1 cm³/mol. The second-order valence-corrected chi connectivity index (χ2v) is 5.71. The Morgan fingerprint density at radius 3 is 2.29 bits per heavy atom. The van der Waals surface area contributed by atoms with Crippen molar-refractivity contribution in [2.45, 2.75) is 52.7 Å². The minimum absolute atomic E-state index is 0.329. The summed E-state index contributed by atoms with van der Waals surface area (Å²) >= 11 is 0. The van der Waals surface area contributed by atoms with Crippen LogP contribution in [0.3, 0.4) is 0 Å². The topological polar surface area (TPSA) is 50.4 Å². The van der Waals surface area contributed by atoms with Gasteiger partial charge >= 0.3 is 6.09 Å². The van der Waals surface area contributed by atoms with Crippen LogP contribution in [0.25, 0.3) is 0 Å². The number of ether oxygens (including phenoxy) is 1. The monoisotopic (exact) mass is 242 g/mol. The van der Waals surface area contributed by atoms with Gasteiger partial charge in [-0.1, -0.05) is 12.2 Å². The van der Waals surface area contributed by atoms with Crippen molar-refractivity contribution in [3.63, 3.8) is 0 Å². The van der Waals surface area contributed by atoms with Gasteiger partial charge in [-0.05, 0) is 41.5 Å². The molecule has 0 aliphatic carbocycles. The molecule has 4 heteroatoms. The zero-order valence-electron chi connectivity index (χ0n) is 11.9. The Morgan fingerprint density at radius 2 is 1.82 bits per heavy atom. The summed E-state index contributed by atoms with van der Waals surface area (Å²) in [4.78, 5) is 11.6. The first-order valence-electron chi connectivity index (χ1n) is 5.99. The smallest absolute Gasteiger partial charge is 0.408 e.